The van der Waals surface area contributed by atoms with Crippen LogP contribution < -0.4 is 0 Å². The van der Waals surface area contributed by atoms with Crippen LogP contribution in [0, 0.1) is 3.70 Å². The summed E-state index contributed by atoms with van der Waals surface area (Å²) >= 11 is 4.71. The highest BCUT2D eigenvalue weighted by atomic mass is 127. The molecule has 7 heteroatoms. The summed E-state index contributed by atoms with van der Waals surface area (Å²) in [5, 5.41) is 8.56. The van der Waals surface area contributed by atoms with Crippen LogP contribution in [-0.2, 0) is 11.2 Å². The van der Waals surface area contributed by atoms with E-state index in [1.54, 1.807) is 0 Å². The van der Waals surface area contributed by atoms with Gasteiger partial charge in [0.15, 0.2) is 0 Å². The summed E-state index contributed by atoms with van der Waals surface area (Å²) in [4.78, 5) is 14.3. The Morgan fingerprint density at radius 1 is 1.67 bits per heavy atom. The maximum Gasteiger partial charge on any atom is 0.307 e. The molecule has 0 aliphatic rings. The number of aliphatic carboxylic acids is 1. The van der Waals surface area contributed by atoms with Crippen molar-refractivity contribution in [3.8, 4) is 0 Å². The highest BCUT2D eigenvalue weighted by Gasteiger charge is 2.17. The van der Waals surface area contributed by atoms with Crippen molar-refractivity contribution in [2.45, 2.75) is 12.8 Å². The third kappa shape index (κ3) is 3.33. The number of aromatic nitrogens is 1. The summed E-state index contributed by atoms with van der Waals surface area (Å²) in [6.45, 7) is 0. The molecule has 0 bridgehead atoms. The molecule has 0 unspecified atom stereocenters. The van der Waals surface area contributed by atoms with Crippen molar-refractivity contribution in [3.05, 3.63) is 25.5 Å². The van der Waals surface area contributed by atoms with E-state index in [0.29, 0.717) is 9.26 Å². The molecule has 15 heavy (non-hydrogen) atoms. The molecule has 0 aliphatic heterocycles. The molecule has 0 saturated heterocycles. The Morgan fingerprint density at radius 2 is 2.27 bits per heavy atom. The molecule has 0 atom stereocenters. The van der Waals surface area contributed by atoms with Crippen molar-refractivity contribution in [2.75, 3.05) is 0 Å². The van der Waals surface area contributed by atoms with E-state index < -0.39 is 12.4 Å². The first kappa shape index (κ1) is 12.8. The molecule has 0 spiro atoms. The van der Waals surface area contributed by atoms with Crippen LogP contribution >= 0.6 is 38.5 Å². The lowest BCUT2D eigenvalue weighted by atomic mass is 10.1. The number of alkyl halides is 2. The minimum absolute atomic E-state index is 0.0519. The molecule has 0 amide bonds. The molecule has 0 aliphatic carbocycles. The van der Waals surface area contributed by atoms with Crippen molar-refractivity contribution in [3.63, 3.8) is 0 Å². The average Bonchev–Trinajstić information content (AvgIpc) is 2.08. The van der Waals surface area contributed by atoms with Gasteiger partial charge in [-0.25, -0.2) is 13.8 Å². The number of hydrogen-bond donors (Lipinski definition) is 1. The van der Waals surface area contributed by atoms with Crippen LogP contribution in [0.1, 0.15) is 17.6 Å². The van der Waals surface area contributed by atoms with Crippen molar-refractivity contribution >= 4 is 44.5 Å². The van der Waals surface area contributed by atoms with Gasteiger partial charge in [0.2, 0.25) is 0 Å². The number of carbonyl (C=O) groups is 1. The number of pyridine rings is 1. The quantitative estimate of drug-likeness (QED) is 0.636. The summed E-state index contributed by atoms with van der Waals surface area (Å²) in [6.07, 6.45) is -2.98. The van der Waals surface area contributed by atoms with Crippen LogP contribution in [0.3, 0.4) is 0 Å². The molecule has 0 aromatic carbocycles. The van der Waals surface area contributed by atoms with Crippen molar-refractivity contribution in [1.82, 2.24) is 4.98 Å². The van der Waals surface area contributed by atoms with Gasteiger partial charge < -0.3 is 5.11 Å². The first-order valence-electron chi connectivity index (χ1n) is 3.76. The fraction of sp³-hybridized carbons (Fsp3) is 0.250. The zero-order chi connectivity index (χ0) is 11.6. The SMILES string of the molecule is O=C(O)Cc1cc(C(F)F)c(Br)nc1I. The van der Waals surface area contributed by atoms with Crippen molar-refractivity contribution < 1.29 is 18.7 Å². The van der Waals surface area contributed by atoms with Crippen LogP contribution in [-0.4, -0.2) is 16.1 Å². The zero-order valence-electron chi connectivity index (χ0n) is 7.18. The molecular formula is C8H5BrF2INO2. The van der Waals surface area contributed by atoms with E-state index in [4.69, 9.17) is 5.11 Å². The van der Waals surface area contributed by atoms with E-state index in [1.807, 2.05) is 22.6 Å². The molecule has 1 rings (SSSR count). The summed E-state index contributed by atoms with van der Waals surface area (Å²) in [7, 11) is 0. The van der Waals surface area contributed by atoms with Gasteiger partial charge in [-0.15, -0.1) is 0 Å². The predicted molar refractivity (Wildman–Crippen MR) is 61.0 cm³/mol. The topological polar surface area (TPSA) is 50.2 Å². The first-order chi connectivity index (χ1) is 6.91. The van der Waals surface area contributed by atoms with E-state index in [1.165, 1.54) is 0 Å². The van der Waals surface area contributed by atoms with Crippen LogP contribution in [0.5, 0.6) is 0 Å². The molecule has 1 aromatic rings. The molecular weight excluding hydrogens is 387 g/mol. The lowest BCUT2D eigenvalue weighted by Crippen LogP contribution is -2.05. The maximum atomic E-state index is 12.5. The second-order valence-corrected chi connectivity index (χ2v) is 4.46. The monoisotopic (exact) mass is 391 g/mol. The molecule has 1 aromatic heterocycles. The Balaban J connectivity index is 3.17. The van der Waals surface area contributed by atoms with Crippen LogP contribution in [0.4, 0.5) is 8.78 Å². The van der Waals surface area contributed by atoms with Crippen LogP contribution in [0.25, 0.3) is 0 Å². The fourth-order valence-electron chi connectivity index (χ4n) is 0.969. The minimum Gasteiger partial charge on any atom is -0.481 e. The number of carboxylic acid groups (broad SMARTS) is 1. The number of hydrogen-bond acceptors (Lipinski definition) is 2. The average molecular weight is 392 g/mol. The van der Waals surface area contributed by atoms with E-state index in [9.17, 15) is 13.6 Å². The number of halogens is 4. The lowest BCUT2D eigenvalue weighted by Gasteiger charge is -2.07. The molecule has 1 N–H and O–H groups in total. The van der Waals surface area contributed by atoms with Gasteiger partial charge >= 0.3 is 5.97 Å². The largest absolute Gasteiger partial charge is 0.481 e. The van der Waals surface area contributed by atoms with E-state index >= 15 is 0 Å². The van der Waals surface area contributed by atoms with Gasteiger partial charge in [-0.2, -0.15) is 0 Å². The number of nitrogens with zero attached hydrogens (tertiary/aromatic N) is 1. The number of carboxylic acids is 1. The lowest BCUT2D eigenvalue weighted by molar-refractivity contribution is -0.136. The fourth-order valence-corrected chi connectivity index (χ4v) is 2.35. The Morgan fingerprint density at radius 3 is 2.73 bits per heavy atom. The summed E-state index contributed by atoms with van der Waals surface area (Å²) in [5.74, 6) is -1.07. The highest BCUT2D eigenvalue weighted by molar-refractivity contribution is 14.1. The normalized spacial score (nSPS) is 10.7. The Hall–Kier alpha value is -0.310. The van der Waals surface area contributed by atoms with Gasteiger partial charge in [0, 0.05) is 0 Å². The zero-order valence-corrected chi connectivity index (χ0v) is 10.9. The van der Waals surface area contributed by atoms with Crippen LogP contribution in [0.2, 0.25) is 0 Å². The van der Waals surface area contributed by atoms with Gasteiger partial charge in [0.25, 0.3) is 6.43 Å². The summed E-state index contributed by atoms with van der Waals surface area (Å²) in [6, 6.07) is 1.16. The van der Waals surface area contributed by atoms with Crippen molar-refractivity contribution in [1.29, 1.82) is 0 Å². The molecule has 0 radical (unpaired) electrons. The second kappa shape index (κ2) is 5.15. The third-order valence-electron chi connectivity index (χ3n) is 1.61. The van der Waals surface area contributed by atoms with Gasteiger partial charge in [-0.05, 0) is 50.2 Å². The Kier molecular flexibility index (Phi) is 4.38. The molecule has 0 fully saturated rings. The van der Waals surface area contributed by atoms with Gasteiger partial charge in [0.1, 0.15) is 8.30 Å². The van der Waals surface area contributed by atoms with Gasteiger partial charge in [-0.3, -0.25) is 4.79 Å². The second-order valence-electron chi connectivity index (χ2n) is 2.69. The Labute approximate surface area is 106 Å². The Bertz CT molecular complexity index is 400. The van der Waals surface area contributed by atoms with E-state index in [2.05, 4.69) is 20.9 Å². The van der Waals surface area contributed by atoms with E-state index in [0.717, 1.165) is 6.07 Å². The van der Waals surface area contributed by atoms with Crippen molar-refractivity contribution in [2.24, 2.45) is 0 Å². The highest BCUT2D eigenvalue weighted by Crippen LogP contribution is 2.28. The maximum absolute atomic E-state index is 12.5. The van der Waals surface area contributed by atoms with Gasteiger partial charge in [-0.1, -0.05) is 0 Å². The summed E-state index contributed by atoms with van der Waals surface area (Å²) < 4.78 is 25.4. The molecule has 3 nitrogen and oxygen atoms in total. The first-order valence-corrected chi connectivity index (χ1v) is 5.63. The number of rotatable bonds is 3. The minimum atomic E-state index is -2.67. The molecule has 82 valence electrons. The standard InChI is InChI=1S/C8H5BrF2INO2/c9-6-4(7(10)11)1-3(2-5(14)15)8(12)13-6/h1,7H,2H2,(H,14,15). The van der Waals surface area contributed by atoms with Crippen LogP contribution in [0.15, 0.2) is 10.7 Å². The smallest absolute Gasteiger partial charge is 0.307 e. The van der Waals surface area contributed by atoms with E-state index in [-0.39, 0.29) is 16.6 Å². The predicted octanol–water partition coefficient (Wildman–Crippen LogP) is 3.01. The summed E-state index contributed by atoms with van der Waals surface area (Å²) in [5.41, 5.74) is 0.00765. The van der Waals surface area contributed by atoms with Gasteiger partial charge in [0.05, 0.1) is 12.0 Å². The molecule has 0 saturated carbocycles. The third-order valence-corrected chi connectivity index (χ3v) is 3.18. The molecule has 1 heterocycles.